The molecule has 0 unspecified atom stereocenters. The van der Waals surface area contributed by atoms with Crippen molar-refractivity contribution in [1.29, 1.82) is 0 Å². The molecule has 2 aromatic carbocycles. The first kappa shape index (κ1) is 17.5. The molecule has 0 saturated heterocycles. The maximum absolute atomic E-state index is 13.5. The van der Waals surface area contributed by atoms with Gasteiger partial charge in [-0.05, 0) is 36.4 Å². The van der Waals surface area contributed by atoms with Gasteiger partial charge in [-0.2, -0.15) is 17.6 Å². The Kier molecular flexibility index (Phi) is 5.56. The van der Waals surface area contributed by atoms with E-state index in [1.807, 2.05) is 0 Å². The predicted octanol–water partition coefficient (Wildman–Crippen LogP) is 4.28. The molecule has 0 bridgehead atoms. The van der Waals surface area contributed by atoms with Crippen LogP contribution in [-0.4, -0.2) is 19.1 Å². The smallest absolute Gasteiger partial charge is 0.387 e. The molecule has 0 aliphatic carbocycles. The number of carbonyl (C=O) groups excluding carboxylic acids is 1. The molecule has 0 aliphatic rings. The number of nitrogens with one attached hydrogen (secondary N) is 1. The van der Waals surface area contributed by atoms with Gasteiger partial charge in [0.25, 0.3) is 5.91 Å². The van der Waals surface area contributed by atoms with Crippen LogP contribution in [0.15, 0.2) is 42.5 Å². The van der Waals surface area contributed by atoms with Crippen LogP contribution in [0, 0.1) is 5.82 Å². The maximum Gasteiger partial charge on any atom is 0.387 e. The maximum atomic E-state index is 13.5. The number of rotatable bonds is 6. The first-order valence-electron chi connectivity index (χ1n) is 6.46. The van der Waals surface area contributed by atoms with Crippen molar-refractivity contribution < 1.29 is 36.2 Å². The third-order valence-electron chi connectivity index (χ3n) is 2.75. The van der Waals surface area contributed by atoms with Gasteiger partial charge in [-0.25, -0.2) is 4.39 Å². The summed E-state index contributed by atoms with van der Waals surface area (Å²) in [6.07, 6.45) is 0. The lowest BCUT2D eigenvalue weighted by molar-refractivity contribution is -0.0523. The lowest BCUT2D eigenvalue weighted by atomic mass is 10.2. The fraction of sp³-hybridized carbons (Fsp3) is 0.133. The van der Waals surface area contributed by atoms with Crippen LogP contribution in [0.1, 0.15) is 10.4 Å². The Morgan fingerprint density at radius 3 is 2.08 bits per heavy atom. The third kappa shape index (κ3) is 4.83. The molecule has 4 nitrogen and oxygen atoms in total. The zero-order valence-electron chi connectivity index (χ0n) is 11.8. The highest BCUT2D eigenvalue weighted by Crippen LogP contribution is 2.23. The quantitative estimate of drug-likeness (QED) is 0.794. The Hall–Kier alpha value is -2.84. The van der Waals surface area contributed by atoms with Gasteiger partial charge >= 0.3 is 13.2 Å². The van der Waals surface area contributed by atoms with Gasteiger partial charge in [-0.3, -0.25) is 4.79 Å². The van der Waals surface area contributed by atoms with Gasteiger partial charge in [-0.15, -0.1) is 0 Å². The van der Waals surface area contributed by atoms with E-state index in [0.717, 1.165) is 12.1 Å². The van der Waals surface area contributed by atoms with Gasteiger partial charge < -0.3 is 14.8 Å². The van der Waals surface area contributed by atoms with Crippen molar-refractivity contribution in [2.45, 2.75) is 13.2 Å². The summed E-state index contributed by atoms with van der Waals surface area (Å²) >= 11 is 0. The summed E-state index contributed by atoms with van der Waals surface area (Å²) in [6.45, 7) is -6.16. The number of halogens is 5. The van der Waals surface area contributed by atoms with Crippen LogP contribution in [0.2, 0.25) is 0 Å². The van der Waals surface area contributed by atoms with E-state index < -0.39 is 30.7 Å². The minimum atomic E-state index is -3.17. The highest BCUT2D eigenvalue weighted by atomic mass is 19.3. The fourth-order valence-electron chi connectivity index (χ4n) is 1.76. The lowest BCUT2D eigenvalue weighted by Crippen LogP contribution is -2.12. The second-order valence-electron chi connectivity index (χ2n) is 4.38. The van der Waals surface area contributed by atoms with Crippen LogP contribution < -0.4 is 14.8 Å². The largest absolute Gasteiger partial charge is 0.435 e. The molecule has 0 saturated carbocycles. The molecular weight excluding hydrogens is 337 g/mol. The molecule has 1 N–H and O–H groups in total. The van der Waals surface area contributed by atoms with Crippen LogP contribution in [0.25, 0.3) is 0 Å². The molecule has 1 amide bonds. The highest BCUT2D eigenvalue weighted by Gasteiger charge is 2.12. The van der Waals surface area contributed by atoms with Gasteiger partial charge in [0, 0.05) is 17.3 Å². The second kappa shape index (κ2) is 7.62. The number of hydrogen-bond acceptors (Lipinski definition) is 3. The molecular formula is C15H10F5NO3. The standard InChI is InChI=1S/C15H10F5NO3/c16-11-7-9(3-6-12(11)24-15(19)20)21-13(22)8-1-4-10(5-2-8)23-14(17)18/h1-7,14-15H,(H,21,22). The molecule has 24 heavy (non-hydrogen) atoms. The first-order valence-corrected chi connectivity index (χ1v) is 6.46. The summed E-state index contributed by atoms with van der Waals surface area (Å²) in [5.74, 6) is -2.51. The van der Waals surface area contributed by atoms with E-state index >= 15 is 0 Å². The Bertz CT molecular complexity index is 707. The minimum Gasteiger partial charge on any atom is -0.435 e. The van der Waals surface area contributed by atoms with Crippen molar-refractivity contribution in [3.8, 4) is 11.5 Å². The van der Waals surface area contributed by atoms with Crippen LogP contribution in [0.3, 0.4) is 0 Å². The van der Waals surface area contributed by atoms with Crippen LogP contribution in [-0.2, 0) is 0 Å². The zero-order valence-corrected chi connectivity index (χ0v) is 11.8. The second-order valence-corrected chi connectivity index (χ2v) is 4.38. The lowest BCUT2D eigenvalue weighted by Gasteiger charge is -2.09. The molecule has 0 aromatic heterocycles. The average molecular weight is 347 g/mol. The van der Waals surface area contributed by atoms with E-state index in [2.05, 4.69) is 14.8 Å². The molecule has 9 heteroatoms. The van der Waals surface area contributed by atoms with E-state index in [1.54, 1.807) is 0 Å². The van der Waals surface area contributed by atoms with Crippen LogP contribution in [0.5, 0.6) is 11.5 Å². The third-order valence-corrected chi connectivity index (χ3v) is 2.75. The highest BCUT2D eigenvalue weighted by molar-refractivity contribution is 6.04. The molecule has 0 heterocycles. The molecule has 0 atom stereocenters. The van der Waals surface area contributed by atoms with E-state index in [9.17, 15) is 26.7 Å². The summed E-state index contributed by atoms with van der Waals surface area (Å²) in [7, 11) is 0. The fourth-order valence-corrected chi connectivity index (χ4v) is 1.76. The zero-order chi connectivity index (χ0) is 17.7. The van der Waals surface area contributed by atoms with Crippen molar-refractivity contribution in [2.75, 3.05) is 5.32 Å². The van der Waals surface area contributed by atoms with E-state index in [1.165, 1.54) is 30.3 Å². The Morgan fingerprint density at radius 1 is 0.917 bits per heavy atom. The summed E-state index contributed by atoms with van der Waals surface area (Å²) in [5.41, 5.74) is 0.108. The molecule has 0 spiro atoms. The normalized spacial score (nSPS) is 10.8. The first-order chi connectivity index (χ1) is 11.3. The van der Waals surface area contributed by atoms with Crippen molar-refractivity contribution in [3.63, 3.8) is 0 Å². The Morgan fingerprint density at radius 2 is 1.54 bits per heavy atom. The Labute approximate surface area is 132 Å². The molecule has 128 valence electrons. The number of ether oxygens (including phenoxy) is 2. The summed E-state index contributed by atoms with van der Waals surface area (Å²) in [6, 6.07) is 7.73. The number of benzene rings is 2. The van der Waals surface area contributed by atoms with Crippen LogP contribution in [0.4, 0.5) is 27.6 Å². The summed E-state index contributed by atoms with van der Waals surface area (Å²) < 4.78 is 69.7. The number of amides is 1. The molecule has 0 aliphatic heterocycles. The monoisotopic (exact) mass is 347 g/mol. The number of anilines is 1. The predicted molar refractivity (Wildman–Crippen MR) is 74.1 cm³/mol. The SMILES string of the molecule is O=C(Nc1ccc(OC(F)F)c(F)c1)c1ccc(OC(F)F)cc1. The molecule has 2 rings (SSSR count). The topological polar surface area (TPSA) is 47.6 Å². The van der Waals surface area contributed by atoms with Crippen molar-refractivity contribution >= 4 is 11.6 Å². The molecule has 2 aromatic rings. The van der Waals surface area contributed by atoms with Crippen LogP contribution >= 0.6 is 0 Å². The summed E-state index contributed by atoms with van der Waals surface area (Å²) in [5, 5.41) is 2.33. The average Bonchev–Trinajstić information content (AvgIpc) is 2.49. The van der Waals surface area contributed by atoms with E-state index in [4.69, 9.17) is 0 Å². The van der Waals surface area contributed by atoms with E-state index in [0.29, 0.717) is 0 Å². The van der Waals surface area contributed by atoms with Crippen molar-refractivity contribution in [1.82, 2.24) is 0 Å². The van der Waals surface area contributed by atoms with Crippen molar-refractivity contribution in [3.05, 3.63) is 53.8 Å². The number of hydrogen-bond donors (Lipinski definition) is 1. The minimum absolute atomic E-state index is 0.00650. The van der Waals surface area contributed by atoms with E-state index in [-0.39, 0.29) is 17.0 Å². The van der Waals surface area contributed by atoms with Gasteiger partial charge in [0.15, 0.2) is 11.6 Å². The summed E-state index contributed by atoms with van der Waals surface area (Å²) in [4.78, 5) is 11.9. The molecule has 0 radical (unpaired) electrons. The van der Waals surface area contributed by atoms with Crippen molar-refractivity contribution in [2.24, 2.45) is 0 Å². The van der Waals surface area contributed by atoms with Gasteiger partial charge in [-0.1, -0.05) is 0 Å². The van der Waals surface area contributed by atoms with Gasteiger partial charge in [0.05, 0.1) is 0 Å². The number of carbonyl (C=O) groups is 1. The molecule has 0 fully saturated rings. The number of alkyl halides is 4. The Balaban J connectivity index is 2.05. The van der Waals surface area contributed by atoms with Gasteiger partial charge in [0.2, 0.25) is 0 Å². The van der Waals surface area contributed by atoms with Gasteiger partial charge in [0.1, 0.15) is 5.75 Å².